The van der Waals surface area contributed by atoms with Crippen LogP contribution in [0.2, 0.25) is 0 Å². The van der Waals surface area contributed by atoms with Crippen LogP contribution in [0.15, 0.2) is 12.4 Å². The fourth-order valence-corrected chi connectivity index (χ4v) is 1.54. The van der Waals surface area contributed by atoms with E-state index in [2.05, 4.69) is 43.0 Å². The molecule has 0 saturated carbocycles. The summed E-state index contributed by atoms with van der Waals surface area (Å²) < 4.78 is 0. The molecule has 16 heavy (non-hydrogen) atoms. The molecular formula is C12H20ClN3. The smallest absolute Gasteiger partial charge is 0.130 e. The van der Waals surface area contributed by atoms with Crippen LogP contribution in [0, 0.1) is 0 Å². The van der Waals surface area contributed by atoms with E-state index in [0.29, 0.717) is 11.8 Å². The molecule has 0 fully saturated rings. The highest BCUT2D eigenvalue weighted by Gasteiger charge is 2.21. The van der Waals surface area contributed by atoms with Crippen molar-refractivity contribution in [3.63, 3.8) is 0 Å². The Morgan fingerprint density at radius 1 is 1.44 bits per heavy atom. The molecule has 0 spiro atoms. The van der Waals surface area contributed by atoms with Gasteiger partial charge in [-0.3, -0.25) is 0 Å². The van der Waals surface area contributed by atoms with Crippen LogP contribution in [0.5, 0.6) is 0 Å². The Hall–Kier alpha value is -0.830. The van der Waals surface area contributed by atoms with Crippen LogP contribution in [-0.2, 0) is 0 Å². The predicted octanol–water partition coefficient (Wildman–Crippen LogP) is 3.42. The fraction of sp³-hybridized carbons (Fsp3) is 0.667. The number of hydrogen-bond donors (Lipinski definition) is 1. The topological polar surface area (TPSA) is 37.8 Å². The van der Waals surface area contributed by atoms with Gasteiger partial charge in [0.1, 0.15) is 12.1 Å². The molecule has 0 amide bonds. The van der Waals surface area contributed by atoms with E-state index in [1.54, 1.807) is 6.33 Å². The Morgan fingerprint density at radius 3 is 2.62 bits per heavy atom. The predicted molar refractivity (Wildman–Crippen MR) is 69.2 cm³/mol. The zero-order valence-electron chi connectivity index (χ0n) is 10.4. The van der Waals surface area contributed by atoms with Crippen molar-refractivity contribution in [1.29, 1.82) is 0 Å². The third-order valence-corrected chi connectivity index (χ3v) is 3.37. The van der Waals surface area contributed by atoms with Gasteiger partial charge in [0, 0.05) is 23.2 Å². The number of nitrogens with zero attached hydrogens (tertiary/aromatic N) is 2. The Bertz CT molecular complexity index is 335. The fourth-order valence-electron chi connectivity index (χ4n) is 1.28. The summed E-state index contributed by atoms with van der Waals surface area (Å²) in [5, 5.41) is 3.37. The minimum atomic E-state index is -0.107. The Balaban J connectivity index is 2.85. The van der Waals surface area contributed by atoms with Crippen LogP contribution in [0.1, 0.15) is 45.7 Å². The number of nitrogens with one attached hydrogen (secondary N) is 1. The van der Waals surface area contributed by atoms with Gasteiger partial charge < -0.3 is 5.32 Å². The quantitative estimate of drug-likeness (QED) is 0.803. The van der Waals surface area contributed by atoms with Crippen LogP contribution in [0.3, 0.4) is 0 Å². The number of aromatic nitrogens is 2. The van der Waals surface area contributed by atoms with Gasteiger partial charge >= 0.3 is 0 Å². The number of alkyl halides is 1. The van der Waals surface area contributed by atoms with Crippen molar-refractivity contribution in [2.45, 2.75) is 45.6 Å². The minimum absolute atomic E-state index is 0.107. The highest BCUT2D eigenvalue weighted by Crippen LogP contribution is 2.20. The maximum atomic E-state index is 5.96. The zero-order chi connectivity index (χ0) is 12.2. The standard InChI is InChI=1S/C12H20ClN3/c1-5-12(4,7-13)16-11-6-10(9(2)3)14-8-15-11/h6,8-9H,5,7H2,1-4H3,(H,14,15,16). The second-order valence-electron chi connectivity index (χ2n) is 4.66. The van der Waals surface area contributed by atoms with Crippen molar-refractivity contribution in [2.75, 3.05) is 11.2 Å². The molecule has 4 heteroatoms. The second kappa shape index (κ2) is 5.48. The normalized spacial score (nSPS) is 14.9. The van der Waals surface area contributed by atoms with Gasteiger partial charge in [0.15, 0.2) is 0 Å². The van der Waals surface area contributed by atoms with Crippen molar-refractivity contribution in [3.8, 4) is 0 Å². The van der Waals surface area contributed by atoms with Crippen LogP contribution in [0.4, 0.5) is 5.82 Å². The first-order chi connectivity index (χ1) is 7.50. The van der Waals surface area contributed by atoms with Gasteiger partial charge in [-0.15, -0.1) is 11.6 Å². The lowest BCUT2D eigenvalue weighted by Gasteiger charge is -2.27. The molecule has 0 aliphatic carbocycles. The van der Waals surface area contributed by atoms with Gasteiger partial charge in [-0.2, -0.15) is 0 Å². The van der Waals surface area contributed by atoms with Crippen LogP contribution < -0.4 is 5.32 Å². The lowest BCUT2D eigenvalue weighted by molar-refractivity contribution is 0.551. The molecule has 1 atom stereocenters. The Kier molecular flexibility index (Phi) is 4.54. The van der Waals surface area contributed by atoms with E-state index in [0.717, 1.165) is 17.9 Å². The van der Waals surface area contributed by atoms with Crippen molar-refractivity contribution in [1.82, 2.24) is 9.97 Å². The number of anilines is 1. The average molecular weight is 242 g/mol. The molecule has 3 nitrogen and oxygen atoms in total. The molecule has 0 saturated heterocycles. The third-order valence-electron chi connectivity index (χ3n) is 2.78. The molecular weight excluding hydrogens is 222 g/mol. The molecule has 90 valence electrons. The van der Waals surface area contributed by atoms with Crippen LogP contribution in [0.25, 0.3) is 0 Å². The molecule has 1 unspecified atom stereocenters. The maximum Gasteiger partial charge on any atom is 0.130 e. The van der Waals surface area contributed by atoms with E-state index in [4.69, 9.17) is 11.6 Å². The molecule has 1 aromatic rings. The first kappa shape index (κ1) is 13.2. The van der Waals surface area contributed by atoms with Crippen LogP contribution >= 0.6 is 11.6 Å². The maximum absolute atomic E-state index is 5.96. The van der Waals surface area contributed by atoms with Gasteiger partial charge in [-0.05, 0) is 19.3 Å². The third kappa shape index (κ3) is 3.34. The Labute approximate surface area is 103 Å². The lowest BCUT2D eigenvalue weighted by atomic mass is 10.0. The monoisotopic (exact) mass is 241 g/mol. The SMILES string of the molecule is CCC(C)(CCl)Nc1cc(C(C)C)ncn1. The molecule has 0 aliphatic rings. The largest absolute Gasteiger partial charge is 0.364 e. The number of rotatable bonds is 5. The summed E-state index contributed by atoms with van der Waals surface area (Å²) in [5.41, 5.74) is 0.940. The highest BCUT2D eigenvalue weighted by atomic mass is 35.5. The molecule has 0 aromatic carbocycles. The van der Waals surface area contributed by atoms with E-state index in [-0.39, 0.29) is 5.54 Å². The average Bonchev–Trinajstić information content (AvgIpc) is 2.29. The zero-order valence-corrected chi connectivity index (χ0v) is 11.2. The lowest BCUT2D eigenvalue weighted by Crippen LogP contribution is -2.36. The van der Waals surface area contributed by atoms with E-state index >= 15 is 0 Å². The van der Waals surface area contributed by atoms with E-state index in [1.807, 2.05) is 6.07 Å². The van der Waals surface area contributed by atoms with Crippen LogP contribution in [-0.4, -0.2) is 21.4 Å². The molecule has 1 N–H and O–H groups in total. The van der Waals surface area contributed by atoms with Crippen molar-refractivity contribution in [3.05, 3.63) is 18.1 Å². The first-order valence-corrected chi connectivity index (χ1v) is 6.20. The molecule has 0 radical (unpaired) electrons. The summed E-state index contributed by atoms with van der Waals surface area (Å²) in [7, 11) is 0. The van der Waals surface area contributed by atoms with Gasteiger partial charge in [-0.1, -0.05) is 20.8 Å². The van der Waals surface area contributed by atoms with Crippen molar-refractivity contribution < 1.29 is 0 Å². The summed E-state index contributed by atoms with van der Waals surface area (Å²) in [6.45, 7) is 8.44. The summed E-state index contributed by atoms with van der Waals surface area (Å²) in [6.07, 6.45) is 2.56. The summed E-state index contributed by atoms with van der Waals surface area (Å²) in [6, 6.07) is 1.99. The second-order valence-corrected chi connectivity index (χ2v) is 4.92. The molecule has 1 heterocycles. The summed E-state index contributed by atoms with van der Waals surface area (Å²) >= 11 is 5.96. The summed E-state index contributed by atoms with van der Waals surface area (Å²) in [5.74, 6) is 1.82. The number of hydrogen-bond acceptors (Lipinski definition) is 3. The summed E-state index contributed by atoms with van der Waals surface area (Å²) in [4.78, 5) is 8.46. The van der Waals surface area contributed by atoms with Gasteiger partial charge in [0.2, 0.25) is 0 Å². The van der Waals surface area contributed by atoms with Gasteiger partial charge in [-0.25, -0.2) is 9.97 Å². The minimum Gasteiger partial charge on any atom is -0.364 e. The molecule has 1 aromatic heterocycles. The molecule has 0 bridgehead atoms. The van der Waals surface area contributed by atoms with E-state index < -0.39 is 0 Å². The van der Waals surface area contributed by atoms with E-state index in [9.17, 15) is 0 Å². The van der Waals surface area contributed by atoms with Crippen molar-refractivity contribution in [2.24, 2.45) is 0 Å². The van der Waals surface area contributed by atoms with Gasteiger partial charge in [0.25, 0.3) is 0 Å². The van der Waals surface area contributed by atoms with Gasteiger partial charge in [0.05, 0.1) is 0 Å². The molecule has 0 aliphatic heterocycles. The van der Waals surface area contributed by atoms with E-state index in [1.165, 1.54) is 0 Å². The van der Waals surface area contributed by atoms with Crippen molar-refractivity contribution >= 4 is 17.4 Å². The molecule has 1 rings (SSSR count). The highest BCUT2D eigenvalue weighted by molar-refractivity contribution is 6.18. The Morgan fingerprint density at radius 2 is 2.12 bits per heavy atom. The number of halogens is 1. The first-order valence-electron chi connectivity index (χ1n) is 5.67.